The molecular formula is C14H16N2O2. The first kappa shape index (κ1) is 11.3. The summed E-state index contributed by atoms with van der Waals surface area (Å²) < 4.78 is 0. The van der Waals surface area contributed by atoms with Gasteiger partial charge in [0.05, 0.1) is 6.54 Å². The molecule has 0 bridgehead atoms. The van der Waals surface area contributed by atoms with Gasteiger partial charge in [-0.3, -0.25) is 5.01 Å². The predicted octanol–water partition coefficient (Wildman–Crippen LogP) is 2.11. The van der Waals surface area contributed by atoms with Crippen molar-refractivity contribution in [1.82, 2.24) is 5.01 Å². The van der Waals surface area contributed by atoms with E-state index in [-0.39, 0.29) is 5.92 Å². The van der Waals surface area contributed by atoms with Crippen LogP contribution in [0.4, 0.5) is 0 Å². The molecule has 3 rings (SSSR count). The number of carboxylic acids is 1. The molecule has 0 saturated heterocycles. The van der Waals surface area contributed by atoms with E-state index in [0.717, 1.165) is 30.5 Å². The van der Waals surface area contributed by atoms with Gasteiger partial charge in [0.2, 0.25) is 0 Å². The molecule has 0 spiro atoms. The summed E-state index contributed by atoms with van der Waals surface area (Å²) in [5, 5.41) is 15.7. The average molecular weight is 244 g/mol. The third-order valence-electron chi connectivity index (χ3n) is 3.78. The van der Waals surface area contributed by atoms with Crippen molar-refractivity contribution in [2.24, 2.45) is 11.0 Å². The molecule has 1 aromatic carbocycles. The van der Waals surface area contributed by atoms with Crippen LogP contribution >= 0.6 is 0 Å². The first-order valence-electron chi connectivity index (χ1n) is 6.36. The Bertz CT molecular complexity index is 484. The summed E-state index contributed by atoms with van der Waals surface area (Å²) in [7, 11) is 0. The van der Waals surface area contributed by atoms with E-state index in [9.17, 15) is 9.90 Å². The number of hydrogen-bond acceptors (Lipinski definition) is 3. The number of carbonyl (C=O) groups is 1. The first-order chi connectivity index (χ1) is 8.75. The van der Waals surface area contributed by atoms with E-state index in [4.69, 9.17) is 0 Å². The van der Waals surface area contributed by atoms with Gasteiger partial charge in [-0.2, -0.15) is 5.10 Å². The van der Waals surface area contributed by atoms with Gasteiger partial charge in [0.25, 0.3) is 0 Å². The summed E-state index contributed by atoms with van der Waals surface area (Å²) in [6, 6.07) is 9.44. The van der Waals surface area contributed by atoms with Crippen molar-refractivity contribution >= 4 is 11.7 Å². The van der Waals surface area contributed by atoms with E-state index in [2.05, 4.69) is 5.10 Å². The molecule has 0 amide bonds. The maximum Gasteiger partial charge on any atom is 0.328 e. The number of hydrogen-bond donors (Lipinski definition) is 1. The molecule has 94 valence electrons. The van der Waals surface area contributed by atoms with E-state index in [1.165, 1.54) is 0 Å². The molecule has 1 N–H and O–H groups in total. The van der Waals surface area contributed by atoms with Crippen LogP contribution in [-0.4, -0.2) is 27.8 Å². The van der Waals surface area contributed by atoms with Gasteiger partial charge in [-0.1, -0.05) is 30.3 Å². The molecule has 2 atom stereocenters. The second-order valence-corrected chi connectivity index (χ2v) is 4.96. The maximum absolute atomic E-state index is 11.4. The summed E-state index contributed by atoms with van der Waals surface area (Å²) in [4.78, 5) is 11.4. The Balaban J connectivity index is 1.82. The third kappa shape index (κ3) is 1.88. The van der Waals surface area contributed by atoms with Crippen molar-refractivity contribution in [3.63, 3.8) is 0 Å². The highest BCUT2D eigenvalue weighted by Crippen LogP contribution is 2.35. The van der Waals surface area contributed by atoms with E-state index < -0.39 is 12.0 Å². The Morgan fingerprint density at radius 3 is 2.89 bits per heavy atom. The number of carboxylic acid groups (broad SMARTS) is 1. The van der Waals surface area contributed by atoms with Crippen molar-refractivity contribution < 1.29 is 9.90 Å². The predicted molar refractivity (Wildman–Crippen MR) is 68.2 cm³/mol. The van der Waals surface area contributed by atoms with Gasteiger partial charge >= 0.3 is 5.97 Å². The van der Waals surface area contributed by atoms with Crippen molar-refractivity contribution in [1.29, 1.82) is 0 Å². The van der Waals surface area contributed by atoms with Crippen molar-refractivity contribution in [3.05, 3.63) is 35.9 Å². The molecule has 2 unspecified atom stereocenters. The molecule has 1 saturated carbocycles. The fourth-order valence-corrected chi connectivity index (χ4v) is 2.96. The van der Waals surface area contributed by atoms with Crippen molar-refractivity contribution in [2.75, 3.05) is 0 Å². The molecule has 1 heterocycles. The van der Waals surface area contributed by atoms with Crippen LogP contribution in [0.2, 0.25) is 0 Å². The monoisotopic (exact) mass is 244 g/mol. The lowest BCUT2D eigenvalue weighted by molar-refractivity contribution is -0.144. The standard InChI is InChI=1S/C14H16N2O2/c17-14(18)13-11-7-4-8-12(11)15-16(13)9-10-5-2-1-3-6-10/h1-3,5-6,11,13H,4,7-9H2,(H,17,18). The third-order valence-corrected chi connectivity index (χ3v) is 3.78. The smallest absolute Gasteiger partial charge is 0.328 e. The fraction of sp³-hybridized carbons (Fsp3) is 0.429. The van der Waals surface area contributed by atoms with Crippen LogP contribution in [0.25, 0.3) is 0 Å². The lowest BCUT2D eigenvalue weighted by Gasteiger charge is -2.23. The van der Waals surface area contributed by atoms with Gasteiger partial charge in [0, 0.05) is 11.6 Å². The second-order valence-electron chi connectivity index (χ2n) is 4.96. The van der Waals surface area contributed by atoms with Crippen LogP contribution in [0.1, 0.15) is 24.8 Å². The van der Waals surface area contributed by atoms with Gasteiger partial charge in [-0.25, -0.2) is 4.79 Å². The lowest BCUT2D eigenvalue weighted by atomic mass is 9.98. The van der Waals surface area contributed by atoms with Crippen LogP contribution in [0, 0.1) is 5.92 Å². The molecule has 2 aliphatic rings. The molecule has 0 aromatic heterocycles. The van der Waals surface area contributed by atoms with E-state index >= 15 is 0 Å². The SMILES string of the molecule is O=C(O)C1C2CCCC2=NN1Cc1ccccc1. The van der Waals surface area contributed by atoms with Gasteiger partial charge < -0.3 is 5.11 Å². The molecule has 1 aliphatic carbocycles. The number of fused-ring (bicyclic) bond motifs is 1. The number of nitrogens with zero attached hydrogens (tertiary/aromatic N) is 2. The molecule has 18 heavy (non-hydrogen) atoms. The minimum absolute atomic E-state index is 0.131. The highest BCUT2D eigenvalue weighted by atomic mass is 16.4. The highest BCUT2D eigenvalue weighted by molar-refractivity contribution is 5.95. The van der Waals surface area contributed by atoms with Gasteiger partial charge in [0.1, 0.15) is 0 Å². The number of hydrazone groups is 1. The molecule has 4 heteroatoms. The number of rotatable bonds is 3. The summed E-state index contributed by atoms with van der Waals surface area (Å²) in [6.45, 7) is 0.581. The van der Waals surface area contributed by atoms with Gasteiger partial charge in [-0.15, -0.1) is 0 Å². The Labute approximate surface area is 106 Å². The summed E-state index contributed by atoms with van der Waals surface area (Å²) in [5.41, 5.74) is 2.19. The zero-order valence-electron chi connectivity index (χ0n) is 10.1. The summed E-state index contributed by atoms with van der Waals surface area (Å²) in [5.74, 6) is -0.622. The Hall–Kier alpha value is -1.84. The van der Waals surface area contributed by atoms with Crippen molar-refractivity contribution in [2.45, 2.75) is 31.8 Å². The zero-order valence-corrected chi connectivity index (χ0v) is 10.1. The summed E-state index contributed by atoms with van der Waals surface area (Å²) >= 11 is 0. The summed E-state index contributed by atoms with van der Waals surface area (Å²) in [6.07, 6.45) is 2.99. The number of aliphatic carboxylic acids is 1. The minimum Gasteiger partial charge on any atom is -0.480 e. The van der Waals surface area contributed by atoms with E-state index in [0.29, 0.717) is 6.54 Å². The van der Waals surface area contributed by atoms with Gasteiger partial charge in [-0.05, 0) is 24.8 Å². The lowest BCUT2D eigenvalue weighted by Crippen LogP contribution is -2.39. The molecular weight excluding hydrogens is 228 g/mol. The van der Waals surface area contributed by atoms with E-state index in [1.807, 2.05) is 30.3 Å². The van der Waals surface area contributed by atoms with Crippen LogP contribution in [0.15, 0.2) is 35.4 Å². The normalized spacial score (nSPS) is 26.0. The Morgan fingerprint density at radius 2 is 2.17 bits per heavy atom. The molecule has 4 nitrogen and oxygen atoms in total. The Morgan fingerprint density at radius 1 is 1.39 bits per heavy atom. The molecule has 1 aliphatic heterocycles. The van der Waals surface area contributed by atoms with Crippen molar-refractivity contribution in [3.8, 4) is 0 Å². The van der Waals surface area contributed by atoms with Crippen LogP contribution in [0.5, 0.6) is 0 Å². The quantitative estimate of drug-likeness (QED) is 0.886. The van der Waals surface area contributed by atoms with Crippen LogP contribution in [-0.2, 0) is 11.3 Å². The topological polar surface area (TPSA) is 52.9 Å². The zero-order chi connectivity index (χ0) is 12.5. The average Bonchev–Trinajstić information content (AvgIpc) is 2.89. The fourth-order valence-electron chi connectivity index (χ4n) is 2.96. The maximum atomic E-state index is 11.4. The minimum atomic E-state index is -0.753. The molecule has 1 aromatic rings. The van der Waals surface area contributed by atoms with Gasteiger partial charge in [0.15, 0.2) is 6.04 Å². The molecule has 0 radical (unpaired) electrons. The second kappa shape index (κ2) is 4.44. The molecule has 1 fully saturated rings. The highest BCUT2D eigenvalue weighted by Gasteiger charge is 2.43. The largest absolute Gasteiger partial charge is 0.480 e. The Kier molecular flexibility index (Phi) is 2.78. The van der Waals surface area contributed by atoms with E-state index in [1.54, 1.807) is 5.01 Å². The van der Waals surface area contributed by atoms with Crippen LogP contribution < -0.4 is 0 Å². The number of benzene rings is 1. The van der Waals surface area contributed by atoms with Crippen LogP contribution in [0.3, 0.4) is 0 Å². The first-order valence-corrected chi connectivity index (χ1v) is 6.36.